The van der Waals surface area contributed by atoms with Crippen molar-refractivity contribution < 1.29 is 26.4 Å². The van der Waals surface area contributed by atoms with Gasteiger partial charge in [0, 0.05) is 24.7 Å². The largest absolute Gasteiger partial charge is 0.405 e. The Labute approximate surface area is 162 Å². The van der Waals surface area contributed by atoms with Gasteiger partial charge < -0.3 is 11.1 Å². The number of nitrogens with two attached hydrogens (primary N) is 1. The number of hydrogen-bond donors (Lipinski definition) is 2. The van der Waals surface area contributed by atoms with E-state index < -0.39 is 28.7 Å². The topological polar surface area (TPSA) is 92.5 Å². The number of carbonyl (C=O) groups is 1. The molecule has 1 aliphatic rings. The van der Waals surface area contributed by atoms with E-state index in [0.29, 0.717) is 25.9 Å². The SMILES string of the molecule is CC(N)C1CCN(S(=O)(=O)c2ccc(C(=O)NCC(F)(F)F)cc2)CC1.Cl. The van der Waals surface area contributed by atoms with Gasteiger partial charge in [-0.2, -0.15) is 17.5 Å². The second kappa shape index (κ2) is 9.22. The van der Waals surface area contributed by atoms with Crippen LogP contribution in [0.2, 0.25) is 0 Å². The zero-order valence-electron chi connectivity index (χ0n) is 14.7. The lowest BCUT2D eigenvalue weighted by atomic mass is 9.92. The summed E-state index contributed by atoms with van der Waals surface area (Å²) in [5, 5.41) is 1.74. The summed E-state index contributed by atoms with van der Waals surface area (Å²) in [6.07, 6.45) is -3.16. The van der Waals surface area contributed by atoms with Crippen molar-refractivity contribution in [1.29, 1.82) is 0 Å². The van der Waals surface area contributed by atoms with E-state index in [-0.39, 0.29) is 34.8 Å². The fraction of sp³-hybridized carbons (Fsp3) is 0.562. The molecule has 154 valence electrons. The van der Waals surface area contributed by atoms with Gasteiger partial charge >= 0.3 is 6.18 Å². The molecule has 2 rings (SSSR count). The van der Waals surface area contributed by atoms with E-state index in [9.17, 15) is 26.4 Å². The molecule has 6 nitrogen and oxygen atoms in total. The first-order valence-electron chi connectivity index (χ1n) is 8.21. The Kier molecular flexibility index (Phi) is 8.09. The molecule has 27 heavy (non-hydrogen) atoms. The van der Waals surface area contributed by atoms with Crippen LogP contribution in [0.1, 0.15) is 30.1 Å². The number of nitrogens with one attached hydrogen (secondary N) is 1. The third-order valence-corrected chi connectivity index (χ3v) is 6.36. The molecule has 1 aliphatic heterocycles. The molecule has 0 aromatic heterocycles. The Bertz CT molecular complexity index is 732. The summed E-state index contributed by atoms with van der Waals surface area (Å²) in [6.45, 7) is 1.18. The van der Waals surface area contributed by atoms with Crippen molar-refractivity contribution in [3.8, 4) is 0 Å². The lowest BCUT2D eigenvalue weighted by molar-refractivity contribution is -0.123. The van der Waals surface area contributed by atoms with Crippen LogP contribution in [0.25, 0.3) is 0 Å². The van der Waals surface area contributed by atoms with E-state index in [1.165, 1.54) is 28.6 Å². The van der Waals surface area contributed by atoms with Crippen LogP contribution in [0.15, 0.2) is 29.2 Å². The van der Waals surface area contributed by atoms with Crippen LogP contribution in [0, 0.1) is 5.92 Å². The lowest BCUT2D eigenvalue weighted by Gasteiger charge is -2.32. The minimum atomic E-state index is -4.51. The van der Waals surface area contributed by atoms with Gasteiger partial charge in [0.2, 0.25) is 10.0 Å². The Hall–Kier alpha value is -1.36. The smallest absolute Gasteiger partial charge is 0.343 e. The average Bonchev–Trinajstić information content (AvgIpc) is 2.59. The van der Waals surface area contributed by atoms with Crippen LogP contribution in [0.5, 0.6) is 0 Å². The molecule has 3 N–H and O–H groups in total. The predicted octanol–water partition coefficient (Wildman–Crippen LogP) is 2.15. The molecule has 0 aliphatic carbocycles. The second-order valence-electron chi connectivity index (χ2n) is 6.42. The van der Waals surface area contributed by atoms with Gasteiger partial charge in [-0.1, -0.05) is 0 Å². The Balaban J connectivity index is 0.00000364. The minimum absolute atomic E-state index is 0. The third-order valence-electron chi connectivity index (χ3n) is 4.45. The van der Waals surface area contributed by atoms with Crippen molar-refractivity contribution in [3.63, 3.8) is 0 Å². The van der Waals surface area contributed by atoms with Crippen LogP contribution in [0.3, 0.4) is 0 Å². The predicted molar refractivity (Wildman–Crippen MR) is 97.2 cm³/mol. The summed E-state index contributed by atoms with van der Waals surface area (Å²) in [5.74, 6) is -0.634. The number of benzene rings is 1. The number of piperidine rings is 1. The molecule has 1 amide bonds. The van der Waals surface area contributed by atoms with E-state index >= 15 is 0 Å². The number of rotatable bonds is 5. The Morgan fingerprint density at radius 1 is 1.26 bits per heavy atom. The average molecular weight is 430 g/mol. The summed E-state index contributed by atoms with van der Waals surface area (Å²) in [6, 6.07) is 4.88. The molecule has 0 bridgehead atoms. The minimum Gasteiger partial charge on any atom is -0.343 e. The van der Waals surface area contributed by atoms with E-state index in [1.54, 1.807) is 5.32 Å². The third kappa shape index (κ3) is 6.34. The molecule has 1 saturated heterocycles. The molecular formula is C16H23ClF3N3O3S. The molecule has 1 atom stereocenters. The summed E-state index contributed by atoms with van der Waals surface area (Å²) < 4.78 is 63.0. The molecular weight excluding hydrogens is 407 g/mol. The van der Waals surface area contributed by atoms with Gasteiger partial charge in [0.05, 0.1) is 4.90 Å². The first-order valence-corrected chi connectivity index (χ1v) is 9.65. The molecule has 0 saturated carbocycles. The zero-order valence-corrected chi connectivity index (χ0v) is 16.3. The number of amides is 1. The van der Waals surface area contributed by atoms with Gasteiger partial charge in [0.25, 0.3) is 5.91 Å². The highest BCUT2D eigenvalue weighted by Gasteiger charge is 2.31. The van der Waals surface area contributed by atoms with E-state index in [4.69, 9.17) is 5.73 Å². The van der Waals surface area contributed by atoms with Crippen molar-refractivity contribution >= 4 is 28.3 Å². The van der Waals surface area contributed by atoms with Crippen LogP contribution in [-0.4, -0.2) is 50.5 Å². The quantitative estimate of drug-likeness (QED) is 0.750. The van der Waals surface area contributed by atoms with Crippen molar-refractivity contribution in [2.45, 2.75) is 36.9 Å². The van der Waals surface area contributed by atoms with Crippen molar-refractivity contribution in [3.05, 3.63) is 29.8 Å². The summed E-state index contributed by atoms with van der Waals surface area (Å²) >= 11 is 0. The van der Waals surface area contributed by atoms with E-state index in [2.05, 4.69) is 0 Å². The fourth-order valence-electron chi connectivity index (χ4n) is 2.85. The van der Waals surface area contributed by atoms with Crippen molar-refractivity contribution in [1.82, 2.24) is 9.62 Å². The number of hydrogen-bond acceptors (Lipinski definition) is 4. The molecule has 1 unspecified atom stereocenters. The number of sulfonamides is 1. The summed E-state index contributed by atoms with van der Waals surface area (Å²) in [4.78, 5) is 11.7. The number of halogens is 4. The molecule has 0 radical (unpaired) electrons. The molecule has 1 aromatic carbocycles. The fourth-order valence-corrected chi connectivity index (χ4v) is 4.32. The van der Waals surface area contributed by atoms with E-state index in [1.807, 2.05) is 6.92 Å². The molecule has 11 heteroatoms. The van der Waals surface area contributed by atoms with Gasteiger partial charge in [0.1, 0.15) is 6.54 Å². The number of nitrogens with zero attached hydrogens (tertiary/aromatic N) is 1. The molecule has 1 heterocycles. The van der Waals surface area contributed by atoms with E-state index in [0.717, 1.165) is 0 Å². The monoisotopic (exact) mass is 429 g/mol. The highest BCUT2D eigenvalue weighted by molar-refractivity contribution is 7.89. The number of alkyl halides is 3. The summed E-state index contributed by atoms with van der Waals surface area (Å²) in [7, 11) is -3.71. The van der Waals surface area contributed by atoms with Crippen LogP contribution < -0.4 is 11.1 Å². The van der Waals surface area contributed by atoms with Gasteiger partial charge in [-0.3, -0.25) is 4.79 Å². The summed E-state index contributed by atoms with van der Waals surface area (Å²) in [5.41, 5.74) is 5.81. The van der Waals surface area contributed by atoms with Gasteiger partial charge in [0.15, 0.2) is 0 Å². The maximum atomic E-state index is 12.6. The van der Waals surface area contributed by atoms with Gasteiger partial charge in [-0.05, 0) is 49.9 Å². The Morgan fingerprint density at radius 2 is 1.78 bits per heavy atom. The molecule has 1 aromatic rings. The second-order valence-corrected chi connectivity index (χ2v) is 8.36. The van der Waals surface area contributed by atoms with Crippen LogP contribution >= 0.6 is 12.4 Å². The lowest BCUT2D eigenvalue weighted by Crippen LogP contribution is -2.42. The van der Waals surface area contributed by atoms with Crippen LogP contribution in [0.4, 0.5) is 13.2 Å². The number of carbonyl (C=O) groups excluding carboxylic acids is 1. The molecule has 0 spiro atoms. The van der Waals surface area contributed by atoms with Crippen molar-refractivity contribution in [2.24, 2.45) is 11.7 Å². The maximum absolute atomic E-state index is 12.6. The Morgan fingerprint density at radius 3 is 2.22 bits per heavy atom. The first-order chi connectivity index (χ1) is 12.0. The maximum Gasteiger partial charge on any atom is 0.405 e. The van der Waals surface area contributed by atoms with Crippen molar-refractivity contribution in [2.75, 3.05) is 19.6 Å². The normalized spacial score (nSPS) is 17.8. The highest BCUT2D eigenvalue weighted by Crippen LogP contribution is 2.25. The standard InChI is InChI=1S/C16H22F3N3O3S.ClH/c1-11(20)12-6-8-22(9-7-12)26(24,25)14-4-2-13(3-5-14)15(23)21-10-16(17,18)19;/h2-5,11-12H,6-10,20H2,1H3,(H,21,23);1H. The zero-order chi connectivity index (χ0) is 19.5. The first kappa shape index (κ1) is 23.7. The molecule has 1 fully saturated rings. The van der Waals surface area contributed by atoms with Gasteiger partial charge in [-0.15, -0.1) is 12.4 Å². The highest BCUT2D eigenvalue weighted by atomic mass is 35.5. The van der Waals surface area contributed by atoms with Crippen LogP contribution in [-0.2, 0) is 10.0 Å². The van der Waals surface area contributed by atoms with Gasteiger partial charge in [-0.25, -0.2) is 8.42 Å².